The van der Waals surface area contributed by atoms with Crippen LogP contribution in [0.1, 0.15) is 31.2 Å². The van der Waals surface area contributed by atoms with E-state index in [0.29, 0.717) is 12.1 Å². The average molecular weight is 321 g/mol. The molecule has 1 saturated carbocycles. The van der Waals surface area contributed by atoms with Crippen molar-refractivity contribution in [3.05, 3.63) is 35.9 Å². The van der Waals surface area contributed by atoms with Crippen LogP contribution in [0, 0.1) is 0 Å². The van der Waals surface area contributed by atoms with Crippen molar-refractivity contribution in [2.24, 2.45) is 4.99 Å². The zero-order chi connectivity index (χ0) is 14.5. The molecule has 1 aromatic rings. The van der Waals surface area contributed by atoms with E-state index in [0.717, 1.165) is 17.4 Å². The Morgan fingerprint density at radius 3 is 2.67 bits per heavy atom. The highest BCUT2D eigenvalue weighted by molar-refractivity contribution is 8.14. The first-order chi connectivity index (χ1) is 10.3. The molecular weight excluding hydrogens is 296 g/mol. The van der Waals surface area contributed by atoms with E-state index in [2.05, 4.69) is 41.9 Å². The fraction of sp³-hybridized carbons (Fsp3) is 0.588. The third-order valence-electron chi connectivity index (χ3n) is 4.36. The van der Waals surface area contributed by atoms with Gasteiger partial charge < -0.3 is 5.32 Å². The number of hydrogen-bond acceptors (Lipinski definition) is 4. The van der Waals surface area contributed by atoms with Crippen molar-refractivity contribution in [1.82, 2.24) is 5.32 Å². The third-order valence-corrected chi connectivity index (χ3v) is 6.55. The van der Waals surface area contributed by atoms with Gasteiger partial charge in [0.25, 0.3) is 0 Å². The molecule has 0 amide bonds. The lowest BCUT2D eigenvalue weighted by atomic mass is 9.95. The number of amidine groups is 1. The molecule has 1 aromatic carbocycles. The van der Waals surface area contributed by atoms with Crippen molar-refractivity contribution in [2.75, 3.05) is 12.0 Å². The molecule has 3 rings (SSSR count). The minimum atomic E-state index is 0.447. The predicted octanol–water partition coefficient (Wildman–Crippen LogP) is 3.96. The number of hydrogen-bond donors (Lipinski definition) is 1. The summed E-state index contributed by atoms with van der Waals surface area (Å²) in [7, 11) is 0. The van der Waals surface area contributed by atoms with Gasteiger partial charge in [0.1, 0.15) is 0 Å². The van der Waals surface area contributed by atoms with E-state index in [9.17, 15) is 0 Å². The van der Waals surface area contributed by atoms with Gasteiger partial charge in [-0.15, -0.1) is 0 Å². The van der Waals surface area contributed by atoms with Crippen molar-refractivity contribution >= 4 is 28.7 Å². The summed E-state index contributed by atoms with van der Waals surface area (Å²) >= 11 is 3.93. The Bertz CT molecular complexity index is 467. The predicted molar refractivity (Wildman–Crippen MR) is 96.5 cm³/mol. The van der Waals surface area contributed by atoms with E-state index < -0.39 is 0 Å². The van der Waals surface area contributed by atoms with E-state index in [1.54, 1.807) is 0 Å². The molecule has 1 unspecified atom stereocenters. The Morgan fingerprint density at radius 2 is 1.95 bits per heavy atom. The maximum atomic E-state index is 4.88. The lowest BCUT2D eigenvalue weighted by Crippen LogP contribution is -2.36. The molecule has 0 radical (unpaired) electrons. The van der Waals surface area contributed by atoms with Gasteiger partial charge in [-0.3, -0.25) is 4.99 Å². The second kappa shape index (κ2) is 7.59. The molecule has 1 aliphatic carbocycles. The molecule has 1 N–H and O–H groups in total. The van der Waals surface area contributed by atoms with Gasteiger partial charge in [-0.25, -0.2) is 0 Å². The Balaban J connectivity index is 1.48. The lowest BCUT2D eigenvalue weighted by molar-refractivity contribution is 0.423. The molecule has 0 saturated heterocycles. The van der Waals surface area contributed by atoms with Crippen LogP contribution >= 0.6 is 23.5 Å². The first-order valence-corrected chi connectivity index (χ1v) is 10.1. The molecule has 1 aliphatic heterocycles. The second-order valence-corrected chi connectivity index (χ2v) is 8.09. The van der Waals surface area contributed by atoms with Crippen molar-refractivity contribution in [1.29, 1.82) is 0 Å². The van der Waals surface area contributed by atoms with Crippen molar-refractivity contribution in [3.8, 4) is 0 Å². The number of nitrogens with zero attached hydrogens (tertiary/aromatic N) is 1. The summed E-state index contributed by atoms with van der Waals surface area (Å²) in [5, 5.41) is 5.75. The second-order valence-electron chi connectivity index (χ2n) is 5.94. The van der Waals surface area contributed by atoms with Gasteiger partial charge in [-0.05, 0) is 43.9 Å². The fourth-order valence-corrected chi connectivity index (χ4v) is 4.86. The summed E-state index contributed by atoms with van der Waals surface area (Å²) in [5.41, 5.74) is 1.40. The molecule has 1 heterocycles. The van der Waals surface area contributed by atoms with Gasteiger partial charge >= 0.3 is 0 Å². The van der Waals surface area contributed by atoms with E-state index in [-0.39, 0.29) is 0 Å². The quantitative estimate of drug-likeness (QED) is 0.908. The molecule has 0 aromatic heterocycles. The van der Waals surface area contributed by atoms with Gasteiger partial charge in [-0.2, -0.15) is 11.8 Å². The minimum Gasteiger partial charge on any atom is -0.362 e. The molecule has 2 nitrogen and oxygen atoms in total. The summed E-state index contributed by atoms with van der Waals surface area (Å²) < 4.78 is 0. The molecular formula is C17H24N2S2. The molecule has 0 bridgehead atoms. The zero-order valence-electron chi connectivity index (χ0n) is 12.6. The van der Waals surface area contributed by atoms with Crippen LogP contribution in [-0.4, -0.2) is 34.5 Å². The zero-order valence-corrected chi connectivity index (χ0v) is 14.3. The summed E-state index contributed by atoms with van der Waals surface area (Å²) in [6.45, 7) is 0. The first-order valence-electron chi connectivity index (χ1n) is 7.87. The number of aliphatic imine (C=N–C) groups is 1. The van der Waals surface area contributed by atoms with Crippen LogP contribution in [-0.2, 0) is 6.42 Å². The minimum absolute atomic E-state index is 0.447. The number of benzene rings is 1. The topological polar surface area (TPSA) is 24.4 Å². The van der Waals surface area contributed by atoms with Gasteiger partial charge in [0.15, 0.2) is 5.17 Å². The van der Waals surface area contributed by atoms with E-state index >= 15 is 0 Å². The van der Waals surface area contributed by atoms with Crippen molar-refractivity contribution in [3.63, 3.8) is 0 Å². The summed E-state index contributed by atoms with van der Waals surface area (Å²) in [6.07, 6.45) is 8.61. The SMILES string of the molecule is CSC1CCC(NC2=NC(Cc3ccccc3)CS2)CC1. The lowest BCUT2D eigenvalue weighted by Gasteiger charge is -2.28. The standard InChI is InChI=1S/C17H24N2S2/c1-20-16-9-7-14(8-10-16)18-17-19-15(12-21-17)11-13-5-3-2-4-6-13/h2-6,14-16H,7-12H2,1H3,(H,18,19). The van der Waals surface area contributed by atoms with Crippen LogP contribution in [0.25, 0.3) is 0 Å². The van der Waals surface area contributed by atoms with Gasteiger partial charge in [0, 0.05) is 17.0 Å². The molecule has 1 atom stereocenters. The molecule has 0 spiro atoms. The number of rotatable bonds is 4. The largest absolute Gasteiger partial charge is 0.362 e. The van der Waals surface area contributed by atoms with Crippen molar-refractivity contribution in [2.45, 2.75) is 49.4 Å². The Morgan fingerprint density at radius 1 is 1.19 bits per heavy atom. The van der Waals surface area contributed by atoms with Crippen LogP contribution in [0.2, 0.25) is 0 Å². The third kappa shape index (κ3) is 4.43. The molecule has 114 valence electrons. The van der Waals surface area contributed by atoms with E-state index in [1.807, 2.05) is 23.5 Å². The fourth-order valence-electron chi connectivity index (χ4n) is 3.10. The summed E-state index contributed by atoms with van der Waals surface area (Å²) in [5.74, 6) is 1.12. The molecule has 1 fully saturated rings. The smallest absolute Gasteiger partial charge is 0.157 e. The van der Waals surface area contributed by atoms with Crippen LogP contribution in [0.5, 0.6) is 0 Å². The van der Waals surface area contributed by atoms with Crippen LogP contribution in [0.15, 0.2) is 35.3 Å². The Labute approximate surface area is 136 Å². The van der Waals surface area contributed by atoms with Crippen LogP contribution < -0.4 is 5.32 Å². The maximum Gasteiger partial charge on any atom is 0.157 e. The number of nitrogens with one attached hydrogen (secondary N) is 1. The summed E-state index contributed by atoms with van der Waals surface area (Å²) in [4.78, 5) is 4.88. The van der Waals surface area contributed by atoms with Gasteiger partial charge in [0.2, 0.25) is 0 Å². The molecule has 21 heavy (non-hydrogen) atoms. The Kier molecular flexibility index (Phi) is 5.53. The summed E-state index contributed by atoms with van der Waals surface area (Å²) in [6, 6.07) is 11.8. The van der Waals surface area contributed by atoms with Crippen molar-refractivity contribution < 1.29 is 0 Å². The highest BCUT2D eigenvalue weighted by Crippen LogP contribution is 2.28. The maximum absolute atomic E-state index is 4.88. The van der Waals surface area contributed by atoms with E-state index in [1.165, 1.54) is 36.4 Å². The van der Waals surface area contributed by atoms with Crippen LogP contribution in [0.4, 0.5) is 0 Å². The average Bonchev–Trinajstić information content (AvgIpc) is 2.96. The van der Waals surface area contributed by atoms with E-state index in [4.69, 9.17) is 4.99 Å². The highest BCUT2D eigenvalue weighted by Gasteiger charge is 2.24. The monoisotopic (exact) mass is 320 g/mol. The van der Waals surface area contributed by atoms with Gasteiger partial charge in [0.05, 0.1) is 6.04 Å². The number of thioether (sulfide) groups is 2. The first kappa shape index (κ1) is 15.3. The normalized spacial score (nSPS) is 29.2. The highest BCUT2D eigenvalue weighted by atomic mass is 32.2. The molecule has 2 aliphatic rings. The van der Waals surface area contributed by atoms with Crippen LogP contribution in [0.3, 0.4) is 0 Å². The van der Waals surface area contributed by atoms with Gasteiger partial charge in [-0.1, -0.05) is 42.1 Å². The molecule has 4 heteroatoms. The Hall–Kier alpha value is -0.610.